The van der Waals surface area contributed by atoms with Gasteiger partial charge in [-0.1, -0.05) is 92.7 Å². The van der Waals surface area contributed by atoms with Crippen LogP contribution in [0.1, 0.15) is 58.4 Å². The summed E-state index contributed by atoms with van der Waals surface area (Å²) in [6.07, 6.45) is 0. The van der Waals surface area contributed by atoms with Gasteiger partial charge in [0.25, 0.3) is 0 Å². The molecule has 0 aromatic heterocycles. The highest BCUT2D eigenvalue weighted by atomic mass is 31.2. The smallest absolute Gasteiger partial charge is 0.330 e. The van der Waals surface area contributed by atoms with Crippen LogP contribution in [-0.4, -0.2) is 0 Å². The number of fused-ring (bicyclic) bond motifs is 2. The fourth-order valence-corrected chi connectivity index (χ4v) is 8.63. The molecule has 0 amide bonds. The number of rotatable bonds is 8. The van der Waals surface area contributed by atoms with Gasteiger partial charge in [0.05, 0.1) is 10.6 Å². The van der Waals surface area contributed by atoms with Gasteiger partial charge < -0.3 is 18.3 Å². The topological polar surface area (TPSA) is 36.9 Å². The van der Waals surface area contributed by atoms with Gasteiger partial charge in [0, 0.05) is 16.5 Å². The second-order valence-electron chi connectivity index (χ2n) is 12.4. The summed E-state index contributed by atoms with van der Waals surface area (Å²) in [5, 5.41) is 1.93. The highest BCUT2D eigenvalue weighted by Crippen LogP contribution is 2.52. The van der Waals surface area contributed by atoms with Crippen LogP contribution < -0.4 is 28.9 Å². The van der Waals surface area contributed by atoms with E-state index in [1.165, 1.54) is 0 Å². The van der Waals surface area contributed by atoms with E-state index >= 15 is 0 Å². The van der Waals surface area contributed by atoms with Crippen LogP contribution >= 0.6 is 17.2 Å². The molecule has 1 unspecified atom stereocenters. The number of hydrogen-bond acceptors (Lipinski definition) is 4. The maximum absolute atomic E-state index is 6.98. The lowest BCUT2D eigenvalue weighted by Crippen LogP contribution is -2.30. The van der Waals surface area contributed by atoms with Crippen LogP contribution in [0.4, 0.5) is 0 Å². The summed E-state index contributed by atoms with van der Waals surface area (Å²) < 4.78 is 27.3. The number of hydrogen-bond donors (Lipinski definition) is 0. The average molecular weight is 635 g/mol. The molecule has 45 heavy (non-hydrogen) atoms. The zero-order valence-corrected chi connectivity index (χ0v) is 29.1. The molecule has 5 aromatic rings. The Morgan fingerprint density at radius 1 is 0.533 bits per heavy atom. The highest BCUT2D eigenvalue weighted by Gasteiger charge is 2.39. The van der Waals surface area contributed by atoms with Crippen LogP contribution in [0, 0.1) is 41.5 Å². The van der Waals surface area contributed by atoms with Gasteiger partial charge in [-0.25, -0.2) is 0 Å². The molecule has 6 heteroatoms. The van der Waals surface area contributed by atoms with Gasteiger partial charge in [0.15, 0.2) is 0 Å². The normalized spacial score (nSPS) is 13.4. The molecule has 0 saturated heterocycles. The van der Waals surface area contributed by atoms with Crippen molar-refractivity contribution in [1.29, 1.82) is 0 Å². The third-order valence-electron chi connectivity index (χ3n) is 8.59. The van der Waals surface area contributed by atoms with Crippen LogP contribution in [0.15, 0.2) is 91.0 Å². The Labute approximate surface area is 270 Å². The van der Waals surface area contributed by atoms with E-state index < -0.39 is 8.38 Å². The molecule has 1 heterocycles. The van der Waals surface area contributed by atoms with E-state index in [1.54, 1.807) is 0 Å². The summed E-state index contributed by atoms with van der Waals surface area (Å²) in [5.41, 5.74) is 8.43. The Balaban J connectivity index is 1.45. The number of para-hydroxylation sites is 5. The van der Waals surface area contributed by atoms with E-state index in [0.29, 0.717) is 0 Å². The van der Waals surface area contributed by atoms with Gasteiger partial charge in [-0.05, 0) is 87.1 Å². The Hall–Kier alpha value is -3.84. The maximum atomic E-state index is 6.98. The van der Waals surface area contributed by atoms with Crippen LogP contribution in [0.5, 0.6) is 28.7 Å². The SMILES string of the molecule is Cc1cccc(C)c1OPc1cccc2c1Oc1c(P(Oc3c(C)cccc3C)Oc3c(C)cccc3C)cccc1C2(C)C. The van der Waals surface area contributed by atoms with Gasteiger partial charge in [0.2, 0.25) is 0 Å². The third-order valence-corrected chi connectivity index (χ3v) is 11.0. The predicted octanol–water partition coefficient (Wildman–Crippen LogP) is 10.4. The quantitative estimate of drug-likeness (QED) is 0.159. The van der Waals surface area contributed by atoms with Crippen molar-refractivity contribution in [3.05, 3.63) is 136 Å². The molecule has 0 bridgehead atoms. The summed E-state index contributed by atoms with van der Waals surface area (Å²) in [6, 6.07) is 31.4. The molecule has 0 saturated carbocycles. The molecule has 0 spiro atoms. The first kappa shape index (κ1) is 31.2. The Kier molecular flexibility index (Phi) is 8.66. The van der Waals surface area contributed by atoms with Gasteiger partial charge in [-0.2, -0.15) is 0 Å². The molecule has 0 fully saturated rings. The second kappa shape index (κ2) is 12.5. The summed E-state index contributed by atoms with van der Waals surface area (Å²) >= 11 is 0. The molecular formula is C39H40O4P2. The van der Waals surface area contributed by atoms with E-state index in [1.807, 2.05) is 0 Å². The van der Waals surface area contributed by atoms with E-state index in [4.69, 9.17) is 18.3 Å². The summed E-state index contributed by atoms with van der Waals surface area (Å²) in [4.78, 5) is 0. The standard InChI is InChI=1S/C39H40O4P2/c1-24-14-9-15-25(2)34(24)41-44-32-22-12-20-30-37(32)40-38-31(39(30,7)8)21-13-23-33(38)45(42-35-26(3)16-10-17-27(35)4)43-36-28(5)18-11-19-29(36)6/h9-23,44H,1-8H3. The fourth-order valence-electron chi connectivity index (χ4n) is 5.97. The molecule has 0 radical (unpaired) electrons. The van der Waals surface area contributed by atoms with Crippen molar-refractivity contribution < 1.29 is 18.3 Å². The van der Waals surface area contributed by atoms with Crippen molar-refractivity contribution >= 4 is 27.8 Å². The zero-order chi connectivity index (χ0) is 31.9. The monoisotopic (exact) mass is 634 g/mol. The zero-order valence-electron chi connectivity index (χ0n) is 27.2. The van der Waals surface area contributed by atoms with Crippen molar-refractivity contribution in [2.45, 2.75) is 60.8 Å². The highest BCUT2D eigenvalue weighted by molar-refractivity contribution is 7.57. The predicted molar refractivity (Wildman–Crippen MR) is 189 cm³/mol. The van der Waals surface area contributed by atoms with Crippen molar-refractivity contribution in [3.8, 4) is 28.7 Å². The number of benzene rings is 5. The Morgan fingerprint density at radius 3 is 1.47 bits per heavy atom. The van der Waals surface area contributed by atoms with Crippen molar-refractivity contribution in [2.75, 3.05) is 0 Å². The molecule has 1 aliphatic heterocycles. The van der Waals surface area contributed by atoms with Crippen LogP contribution in [0.25, 0.3) is 0 Å². The van der Waals surface area contributed by atoms with Gasteiger partial charge in [-0.3, -0.25) is 0 Å². The van der Waals surface area contributed by atoms with E-state index in [-0.39, 0.29) is 14.2 Å². The number of ether oxygens (including phenoxy) is 1. The van der Waals surface area contributed by atoms with Crippen molar-refractivity contribution in [2.24, 2.45) is 0 Å². The van der Waals surface area contributed by atoms with E-state index in [9.17, 15) is 0 Å². The van der Waals surface area contributed by atoms with Gasteiger partial charge in [-0.15, -0.1) is 0 Å². The first-order valence-electron chi connectivity index (χ1n) is 15.3. The van der Waals surface area contributed by atoms with Gasteiger partial charge >= 0.3 is 8.38 Å². The minimum absolute atomic E-state index is 0.0848. The molecular weight excluding hydrogens is 594 g/mol. The summed E-state index contributed by atoms with van der Waals surface area (Å²) in [6.45, 7) is 17.0. The summed E-state index contributed by atoms with van der Waals surface area (Å²) in [5.74, 6) is 4.25. The van der Waals surface area contributed by atoms with Crippen LogP contribution in [-0.2, 0) is 5.41 Å². The molecule has 230 valence electrons. The maximum Gasteiger partial charge on any atom is 0.330 e. The van der Waals surface area contributed by atoms with Crippen LogP contribution in [0.2, 0.25) is 0 Å². The average Bonchev–Trinajstić information content (AvgIpc) is 3.00. The van der Waals surface area contributed by atoms with Crippen molar-refractivity contribution in [3.63, 3.8) is 0 Å². The molecule has 4 nitrogen and oxygen atoms in total. The molecule has 6 rings (SSSR count). The minimum atomic E-state index is -1.63. The second-order valence-corrected chi connectivity index (χ2v) is 14.7. The third kappa shape index (κ3) is 5.95. The Morgan fingerprint density at radius 2 is 0.956 bits per heavy atom. The lowest BCUT2D eigenvalue weighted by molar-refractivity contribution is 0.422. The number of aryl methyl sites for hydroxylation is 6. The fraction of sp³-hybridized carbons (Fsp3) is 0.231. The van der Waals surface area contributed by atoms with E-state index in [2.05, 4.69) is 146 Å². The first-order chi connectivity index (χ1) is 21.6. The van der Waals surface area contributed by atoms with E-state index in [0.717, 1.165) is 83.9 Å². The summed E-state index contributed by atoms with van der Waals surface area (Å²) in [7, 11) is -1.55. The Bertz CT molecular complexity index is 1780. The molecule has 0 N–H and O–H groups in total. The lowest BCUT2D eigenvalue weighted by atomic mass is 9.76. The lowest BCUT2D eigenvalue weighted by Gasteiger charge is -2.37. The van der Waals surface area contributed by atoms with Crippen molar-refractivity contribution in [1.82, 2.24) is 0 Å². The molecule has 0 aliphatic carbocycles. The minimum Gasteiger partial charge on any atom is -0.472 e. The molecule has 1 atom stereocenters. The largest absolute Gasteiger partial charge is 0.472 e. The molecule has 5 aromatic carbocycles. The first-order valence-corrected chi connectivity index (χ1v) is 17.4. The molecule has 1 aliphatic rings. The van der Waals surface area contributed by atoms with Crippen LogP contribution in [0.3, 0.4) is 0 Å². The van der Waals surface area contributed by atoms with Gasteiger partial charge in [0.1, 0.15) is 37.6 Å².